The first-order valence-electron chi connectivity index (χ1n) is 5.03. The van der Waals surface area contributed by atoms with Gasteiger partial charge in [-0.3, -0.25) is 0 Å². The molecule has 16 heavy (non-hydrogen) atoms. The third-order valence-electron chi connectivity index (χ3n) is 2.60. The van der Waals surface area contributed by atoms with Crippen molar-refractivity contribution in [3.05, 3.63) is 35.9 Å². The van der Waals surface area contributed by atoms with Gasteiger partial charge in [0, 0.05) is 24.8 Å². The van der Waals surface area contributed by atoms with Crippen LogP contribution in [0.4, 0.5) is 5.69 Å². The monoisotopic (exact) mass is 219 g/mol. The summed E-state index contributed by atoms with van der Waals surface area (Å²) < 4.78 is 5.08. The zero-order valence-electron chi connectivity index (χ0n) is 9.01. The molecule has 1 aromatic rings. The molecule has 0 amide bonds. The highest BCUT2D eigenvalue weighted by atomic mass is 16.5. The smallest absolute Gasteiger partial charge is 0.339 e. The van der Waals surface area contributed by atoms with Gasteiger partial charge in [0.05, 0.1) is 7.11 Å². The van der Waals surface area contributed by atoms with E-state index >= 15 is 0 Å². The maximum Gasteiger partial charge on any atom is 0.339 e. The molecule has 0 unspecified atom stereocenters. The fraction of sp³-hybridized carbons (Fsp3) is 0.250. The van der Waals surface area contributed by atoms with Crippen LogP contribution in [0.3, 0.4) is 0 Å². The Morgan fingerprint density at radius 2 is 2.06 bits per heavy atom. The molecule has 1 aliphatic heterocycles. The number of nitrogens with zero attached hydrogens (tertiary/aromatic N) is 1. The fourth-order valence-corrected chi connectivity index (χ4v) is 1.74. The lowest BCUT2D eigenvalue weighted by molar-refractivity contribution is 0.0693. The van der Waals surface area contributed by atoms with Gasteiger partial charge in [-0.25, -0.2) is 4.79 Å². The van der Waals surface area contributed by atoms with Crippen molar-refractivity contribution in [2.75, 3.05) is 25.1 Å². The maximum absolute atomic E-state index is 10.9. The van der Waals surface area contributed by atoms with Gasteiger partial charge in [0.25, 0.3) is 0 Å². The van der Waals surface area contributed by atoms with Crippen LogP contribution in [0.5, 0.6) is 5.75 Å². The lowest BCUT2D eigenvalue weighted by atomic mass is 10.1. The van der Waals surface area contributed by atoms with E-state index in [4.69, 9.17) is 9.84 Å². The highest BCUT2D eigenvalue weighted by Gasteiger charge is 2.14. The van der Waals surface area contributed by atoms with Gasteiger partial charge >= 0.3 is 5.97 Å². The van der Waals surface area contributed by atoms with Gasteiger partial charge in [-0.2, -0.15) is 0 Å². The predicted molar refractivity (Wildman–Crippen MR) is 61.3 cm³/mol. The molecule has 0 saturated heterocycles. The van der Waals surface area contributed by atoms with Crippen LogP contribution in [-0.2, 0) is 0 Å². The average molecular weight is 219 g/mol. The van der Waals surface area contributed by atoms with E-state index in [0.29, 0.717) is 5.75 Å². The van der Waals surface area contributed by atoms with Crippen molar-refractivity contribution in [1.29, 1.82) is 0 Å². The largest absolute Gasteiger partial charge is 0.496 e. The highest BCUT2D eigenvalue weighted by Crippen LogP contribution is 2.26. The Morgan fingerprint density at radius 3 is 2.62 bits per heavy atom. The van der Waals surface area contributed by atoms with E-state index in [1.165, 1.54) is 7.11 Å². The fourth-order valence-electron chi connectivity index (χ4n) is 1.74. The number of ether oxygens (including phenoxy) is 1. The minimum absolute atomic E-state index is 0.193. The van der Waals surface area contributed by atoms with Crippen molar-refractivity contribution in [2.45, 2.75) is 0 Å². The molecule has 4 heteroatoms. The Balaban J connectivity index is 2.32. The van der Waals surface area contributed by atoms with Crippen molar-refractivity contribution in [2.24, 2.45) is 0 Å². The van der Waals surface area contributed by atoms with Crippen LogP contribution in [-0.4, -0.2) is 31.3 Å². The normalized spacial score (nSPS) is 14.2. The summed E-state index contributed by atoms with van der Waals surface area (Å²) in [6.45, 7) is 1.71. The van der Waals surface area contributed by atoms with E-state index in [-0.39, 0.29) is 5.56 Å². The minimum Gasteiger partial charge on any atom is -0.496 e. The summed E-state index contributed by atoms with van der Waals surface area (Å²) in [4.78, 5) is 13.0. The topological polar surface area (TPSA) is 49.8 Å². The van der Waals surface area contributed by atoms with Gasteiger partial charge in [0.2, 0.25) is 0 Å². The molecule has 84 valence electrons. The summed E-state index contributed by atoms with van der Waals surface area (Å²) in [5, 5.41) is 8.95. The number of hydrogen-bond acceptors (Lipinski definition) is 3. The molecule has 1 N–H and O–H groups in total. The van der Waals surface area contributed by atoms with Crippen molar-refractivity contribution in [3.8, 4) is 5.75 Å². The molecule has 0 aromatic heterocycles. The van der Waals surface area contributed by atoms with Crippen molar-refractivity contribution < 1.29 is 14.6 Å². The number of carboxylic acid groups (broad SMARTS) is 1. The van der Waals surface area contributed by atoms with Crippen LogP contribution in [0.2, 0.25) is 0 Å². The molecule has 2 rings (SSSR count). The zero-order chi connectivity index (χ0) is 11.5. The Morgan fingerprint density at radius 1 is 1.38 bits per heavy atom. The van der Waals surface area contributed by atoms with E-state index in [9.17, 15) is 4.79 Å². The van der Waals surface area contributed by atoms with Gasteiger partial charge in [0.15, 0.2) is 0 Å². The van der Waals surface area contributed by atoms with Crippen LogP contribution in [0.25, 0.3) is 0 Å². The van der Waals surface area contributed by atoms with Crippen LogP contribution >= 0.6 is 0 Å². The van der Waals surface area contributed by atoms with Gasteiger partial charge < -0.3 is 14.7 Å². The Hall–Kier alpha value is -1.97. The zero-order valence-corrected chi connectivity index (χ0v) is 9.01. The Kier molecular flexibility index (Phi) is 2.81. The summed E-state index contributed by atoms with van der Waals surface area (Å²) in [6.07, 6.45) is 4.16. The third-order valence-corrected chi connectivity index (χ3v) is 2.60. The molecule has 0 atom stereocenters. The number of carbonyl (C=O) groups is 1. The SMILES string of the molecule is COc1cc(N2CC=CC2)ccc1C(=O)O. The van der Waals surface area contributed by atoms with E-state index < -0.39 is 5.97 Å². The van der Waals surface area contributed by atoms with Crippen LogP contribution < -0.4 is 9.64 Å². The van der Waals surface area contributed by atoms with Gasteiger partial charge in [-0.05, 0) is 12.1 Å². The number of hydrogen-bond donors (Lipinski definition) is 1. The molecule has 0 aliphatic carbocycles. The first-order chi connectivity index (χ1) is 7.72. The Labute approximate surface area is 93.8 Å². The third kappa shape index (κ3) is 1.86. The van der Waals surface area contributed by atoms with Gasteiger partial charge in [-0.15, -0.1) is 0 Å². The summed E-state index contributed by atoms with van der Waals surface area (Å²) in [7, 11) is 1.48. The number of methoxy groups -OCH3 is 1. The number of anilines is 1. The molecule has 4 nitrogen and oxygen atoms in total. The number of benzene rings is 1. The quantitative estimate of drug-likeness (QED) is 0.787. The molecule has 1 aliphatic rings. The predicted octanol–water partition coefficient (Wildman–Crippen LogP) is 1.77. The molecule has 0 bridgehead atoms. The Bertz CT molecular complexity index is 432. The van der Waals surface area contributed by atoms with E-state index in [0.717, 1.165) is 18.8 Å². The van der Waals surface area contributed by atoms with Crippen LogP contribution in [0.1, 0.15) is 10.4 Å². The lowest BCUT2D eigenvalue weighted by Gasteiger charge is -2.18. The van der Waals surface area contributed by atoms with Gasteiger partial charge in [0.1, 0.15) is 11.3 Å². The van der Waals surface area contributed by atoms with Crippen LogP contribution in [0, 0.1) is 0 Å². The summed E-state index contributed by atoms with van der Waals surface area (Å²) in [6, 6.07) is 5.14. The first kappa shape index (κ1) is 10.5. The minimum atomic E-state index is -0.969. The number of carboxylic acids is 1. The first-order valence-corrected chi connectivity index (χ1v) is 5.03. The summed E-state index contributed by atoms with van der Waals surface area (Å²) in [5.74, 6) is -0.570. The second-order valence-corrected chi connectivity index (χ2v) is 3.57. The van der Waals surface area contributed by atoms with Crippen molar-refractivity contribution in [3.63, 3.8) is 0 Å². The molecule has 1 heterocycles. The standard InChI is InChI=1S/C12H13NO3/c1-16-11-8-9(13-6-2-3-7-13)4-5-10(11)12(14)15/h2-5,8H,6-7H2,1H3,(H,14,15). The second kappa shape index (κ2) is 4.26. The van der Waals surface area contributed by atoms with E-state index in [1.54, 1.807) is 18.2 Å². The molecule has 0 radical (unpaired) electrons. The molecule has 0 saturated carbocycles. The van der Waals surface area contributed by atoms with Gasteiger partial charge in [-0.1, -0.05) is 12.2 Å². The highest BCUT2D eigenvalue weighted by molar-refractivity contribution is 5.91. The number of rotatable bonds is 3. The van der Waals surface area contributed by atoms with Crippen molar-refractivity contribution >= 4 is 11.7 Å². The summed E-state index contributed by atoms with van der Waals surface area (Å²) in [5.41, 5.74) is 1.17. The lowest BCUT2D eigenvalue weighted by Crippen LogP contribution is -2.18. The van der Waals surface area contributed by atoms with E-state index in [2.05, 4.69) is 17.1 Å². The molecule has 1 aromatic carbocycles. The molecule has 0 fully saturated rings. The molecular formula is C12H13NO3. The maximum atomic E-state index is 10.9. The second-order valence-electron chi connectivity index (χ2n) is 3.57. The van der Waals surface area contributed by atoms with Crippen LogP contribution in [0.15, 0.2) is 30.4 Å². The molecular weight excluding hydrogens is 206 g/mol. The number of aromatic carboxylic acids is 1. The average Bonchev–Trinajstić information content (AvgIpc) is 2.81. The van der Waals surface area contributed by atoms with E-state index in [1.807, 2.05) is 0 Å². The van der Waals surface area contributed by atoms with Crippen molar-refractivity contribution in [1.82, 2.24) is 0 Å². The molecule has 0 spiro atoms. The summed E-state index contributed by atoms with van der Waals surface area (Å²) >= 11 is 0.